The van der Waals surface area contributed by atoms with E-state index in [9.17, 15) is 28.6 Å². The number of rotatable bonds is 14. The number of piperidine rings is 2. The summed E-state index contributed by atoms with van der Waals surface area (Å²) in [5.74, 6) is 0.0315. The number of carboxylic acids is 1. The van der Waals surface area contributed by atoms with Crippen molar-refractivity contribution in [3.05, 3.63) is 120 Å². The number of methoxy groups -OCH3 is 1. The van der Waals surface area contributed by atoms with Gasteiger partial charge in [0.1, 0.15) is 39.7 Å². The lowest BCUT2D eigenvalue weighted by Gasteiger charge is -2.31. The number of phenolic OH excluding ortho intramolecular Hbond substituents is 1. The SMILES string of the molecule is COC(=O)c1cc(F)c2nc(N3C[C@@H]4C[C@H]3C[C@H]4OCc3c(-c4c(Cl)cc(C)cc4Cl)noc3C3CC3)sc2c1.O=C(O)c1cc(F)c2nc(N3C[C@@H]4C[C@H]3C[C@H]4OCc3c(-c4c(Cl)cc(O)cc4Cl)noc3C3CC3)sc2c1. The van der Waals surface area contributed by atoms with Gasteiger partial charge in [-0.25, -0.2) is 28.3 Å². The van der Waals surface area contributed by atoms with Crippen molar-refractivity contribution in [1.29, 1.82) is 0 Å². The monoisotopic (exact) mass is 1190 g/mol. The minimum atomic E-state index is -1.17. The summed E-state index contributed by atoms with van der Waals surface area (Å²) in [5.41, 5.74) is 5.72. The zero-order chi connectivity index (χ0) is 54.7. The van der Waals surface area contributed by atoms with E-state index in [2.05, 4.69) is 30.1 Å². The van der Waals surface area contributed by atoms with Crippen LogP contribution in [0.5, 0.6) is 5.75 Å². The molecule has 79 heavy (non-hydrogen) atoms. The minimum Gasteiger partial charge on any atom is -0.508 e. The molecule has 4 aromatic carbocycles. The molecule has 0 spiro atoms. The number of halogens is 6. The molecule has 0 radical (unpaired) electrons. The number of nitrogens with zero attached hydrogens (tertiary/aromatic N) is 6. The first kappa shape index (κ1) is 52.7. The number of phenols is 1. The van der Waals surface area contributed by atoms with E-state index >= 15 is 0 Å². The van der Waals surface area contributed by atoms with Crippen molar-refractivity contribution in [3.63, 3.8) is 0 Å². The highest BCUT2D eigenvalue weighted by atomic mass is 35.5. The van der Waals surface area contributed by atoms with E-state index in [4.69, 9.17) is 69.7 Å². The summed E-state index contributed by atoms with van der Waals surface area (Å²) in [6.45, 7) is 4.14. The number of carboxylic acid groups (broad SMARTS) is 1. The molecular weight excluding hydrogens is 1140 g/mol. The number of aromatic hydroxyl groups is 1. The number of thiazole rings is 2. The fourth-order valence-corrected chi connectivity index (χ4v) is 15.6. The Labute approximate surface area is 478 Å². The Kier molecular flexibility index (Phi) is 13.8. The molecule has 6 aliphatic rings. The van der Waals surface area contributed by atoms with E-state index in [0.717, 1.165) is 104 Å². The van der Waals surface area contributed by atoms with Crippen LogP contribution in [-0.4, -0.2) is 86.9 Å². The van der Waals surface area contributed by atoms with E-state index in [1.807, 2.05) is 19.1 Å². The number of carbonyl (C=O) groups excluding carboxylic acids is 1. The van der Waals surface area contributed by atoms with Crippen molar-refractivity contribution < 1.29 is 51.8 Å². The van der Waals surface area contributed by atoms with Gasteiger partial charge in [-0.15, -0.1) is 0 Å². The topological polar surface area (TPSA) is 187 Å². The lowest BCUT2D eigenvalue weighted by Crippen LogP contribution is -2.38. The van der Waals surface area contributed by atoms with Gasteiger partial charge >= 0.3 is 11.9 Å². The summed E-state index contributed by atoms with van der Waals surface area (Å²) in [5, 5.41) is 30.9. The quantitative estimate of drug-likeness (QED) is 0.0979. The van der Waals surface area contributed by atoms with Gasteiger partial charge in [-0.3, -0.25) is 0 Å². The fraction of sp³-hybridized carbons (Fsp3) is 0.393. The number of hydrogen-bond donors (Lipinski definition) is 2. The van der Waals surface area contributed by atoms with Crippen molar-refractivity contribution >= 4 is 112 Å². The van der Waals surface area contributed by atoms with Crippen molar-refractivity contribution in [1.82, 2.24) is 20.3 Å². The number of ether oxygens (including phenoxy) is 3. The molecule has 4 aromatic heterocycles. The van der Waals surface area contributed by atoms with Crippen LogP contribution in [0.3, 0.4) is 0 Å². The van der Waals surface area contributed by atoms with Crippen LogP contribution in [0.25, 0.3) is 42.9 Å². The number of aromatic carboxylic acids is 1. The number of esters is 1. The number of benzene rings is 4. The van der Waals surface area contributed by atoms with Gasteiger partial charge in [-0.05, 0) is 112 Å². The summed E-state index contributed by atoms with van der Waals surface area (Å²) in [6, 6.07) is 12.4. The Morgan fingerprint density at radius 3 is 1.53 bits per heavy atom. The normalized spacial score (nSPS) is 22.2. The summed E-state index contributed by atoms with van der Waals surface area (Å²) < 4.78 is 59.7. The summed E-state index contributed by atoms with van der Waals surface area (Å²) in [4.78, 5) is 36.8. The molecule has 2 saturated heterocycles. The molecule has 410 valence electrons. The predicted octanol–water partition coefficient (Wildman–Crippen LogP) is 14.4. The number of hydrogen-bond acceptors (Lipinski definition) is 16. The van der Waals surface area contributed by atoms with Gasteiger partial charge < -0.3 is 43.3 Å². The molecule has 0 unspecified atom stereocenters. The van der Waals surface area contributed by atoms with E-state index in [1.165, 1.54) is 54.0 Å². The van der Waals surface area contributed by atoms with Crippen molar-refractivity contribution in [2.24, 2.45) is 11.8 Å². The molecule has 2 aliphatic heterocycles. The summed E-state index contributed by atoms with van der Waals surface area (Å²) in [7, 11) is 1.28. The van der Waals surface area contributed by atoms with Crippen LogP contribution in [-0.2, 0) is 27.4 Å². The highest BCUT2D eigenvalue weighted by Crippen LogP contribution is 2.51. The van der Waals surface area contributed by atoms with E-state index < -0.39 is 23.6 Å². The lowest BCUT2D eigenvalue weighted by atomic mass is 10.0. The summed E-state index contributed by atoms with van der Waals surface area (Å²) in [6.07, 6.45) is 7.87. The zero-order valence-electron chi connectivity index (χ0n) is 42.2. The number of fused-ring (bicyclic) bond motifs is 6. The molecule has 4 aliphatic carbocycles. The van der Waals surface area contributed by atoms with E-state index in [0.29, 0.717) is 78.1 Å². The third-order valence-electron chi connectivity index (χ3n) is 16.1. The second-order valence-corrected chi connectivity index (χ2v) is 25.0. The maximum Gasteiger partial charge on any atom is 0.338 e. The van der Waals surface area contributed by atoms with Gasteiger partial charge in [0.2, 0.25) is 0 Å². The second-order valence-electron chi connectivity index (χ2n) is 21.4. The first-order valence-corrected chi connectivity index (χ1v) is 29.1. The Balaban J connectivity index is 0.000000150. The van der Waals surface area contributed by atoms with E-state index in [-0.39, 0.29) is 68.2 Å². The van der Waals surface area contributed by atoms with Crippen LogP contribution in [0.2, 0.25) is 20.1 Å². The fourth-order valence-electron chi connectivity index (χ4n) is 12.0. The van der Waals surface area contributed by atoms with Crippen LogP contribution in [0.1, 0.15) is 112 Å². The Hall–Kier alpha value is -5.64. The molecule has 0 amide bonds. The Morgan fingerprint density at radius 2 is 1.11 bits per heavy atom. The highest BCUT2D eigenvalue weighted by Gasteiger charge is 2.48. The van der Waals surface area contributed by atoms with Crippen LogP contribution in [0.15, 0.2) is 57.6 Å². The molecule has 2 N–H and O–H groups in total. The van der Waals surface area contributed by atoms with Crippen molar-refractivity contribution in [2.75, 3.05) is 30.0 Å². The molecular formula is C56H48Cl4F2N6O9S2. The molecule has 6 fully saturated rings. The van der Waals surface area contributed by atoms with Gasteiger partial charge in [0.25, 0.3) is 0 Å². The molecule has 4 bridgehead atoms. The average Bonchev–Trinajstić information content (AvgIpc) is 3.99. The van der Waals surface area contributed by atoms with Gasteiger partial charge in [0.05, 0.1) is 73.1 Å². The van der Waals surface area contributed by atoms with Crippen LogP contribution < -0.4 is 9.80 Å². The molecule has 23 heteroatoms. The number of aryl methyl sites for hydroxylation is 1. The lowest BCUT2D eigenvalue weighted by molar-refractivity contribution is 0.0122. The summed E-state index contributed by atoms with van der Waals surface area (Å²) >= 11 is 28.8. The Bertz CT molecular complexity index is 3720. The van der Waals surface area contributed by atoms with Crippen molar-refractivity contribution in [2.45, 2.75) is 108 Å². The molecule has 6 atom stereocenters. The molecule has 6 heterocycles. The number of carbonyl (C=O) groups is 2. The smallest absolute Gasteiger partial charge is 0.338 e. The van der Waals surface area contributed by atoms with Crippen LogP contribution in [0.4, 0.5) is 19.0 Å². The third kappa shape index (κ3) is 9.89. The van der Waals surface area contributed by atoms with Crippen LogP contribution in [0, 0.1) is 30.4 Å². The molecule has 15 nitrogen and oxygen atoms in total. The van der Waals surface area contributed by atoms with E-state index in [1.54, 1.807) is 6.07 Å². The van der Waals surface area contributed by atoms with Gasteiger partial charge in [-0.2, -0.15) is 0 Å². The minimum absolute atomic E-state index is 0.0246. The predicted molar refractivity (Wildman–Crippen MR) is 297 cm³/mol. The third-order valence-corrected chi connectivity index (χ3v) is 19.4. The molecule has 4 saturated carbocycles. The first-order valence-electron chi connectivity index (χ1n) is 26.0. The van der Waals surface area contributed by atoms with Crippen molar-refractivity contribution in [3.8, 4) is 28.3 Å². The zero-order valence-corrected chi connectivity index (χ0v) is 46.9. The number of aromatic nitrogens is 4. The second kappa shape index (κ2) is 20.7. The maximum absolute atomic E-state index is 14.7. The van der Waals surface area contributed by atoms with Gasteiger partial charge in [-0.1, -0.05) is 79.4 Å². The largest absolute Gasteiger partial charge is 0.508 e. The van der Waals surface area contributed by atoms with Gasteiger partial charge in [0, 0.05) is 71.1 Å². The van der Waals surface area contributed by atoms with Gasteiger partial charge in [0.15, 0.2) is 21.9 Å². The standard InChI is InChI=1S/C29H26Cl2FN3O4S.C27H22Cl2FN3O5S/c1-13-5-19(30)24(20(31)6-13)25-18(27(39-34-25)14-3-4-14)12-38-22-10-17-7-16(22)11-35(17)29-33-26-21(32)8-15(28(36)37-2)9-23(26)40-29;28-17-7-15(34)8-18(29)22(17)23-16(25(38-32-23)11-1-2-11)10-37-20-6-14-3-13(20)9-33(14)27-31-24-19(30)4-12(26(35)36)5-21(24)39-27/h5-6,8-9,14,16-17,22H,3-4,7,10-12H2,1-2H3;4-5,7-8,11,13-14,20,34H,1-3,6,9-10H2,(H,35,36)/t16-,17-,22+;13-,14-,20+/m00/s1. The van der Waals surface area contributed by atoms with Crippen LogP contribution >= 0.6 is 69.1 Å². The maximum atomic E-state index is 14.7. The molecule has 14 rings (SSSR count). The molecule has 8 aromatic rings. The number of anilines is 2. The Morgan fingerprint density at radius 1 is 0.671 bits per heavy atom. The first-order chi connectivity index (χ1) is 38.1. The highest BCUT2D eigenvalue weighted by molar-refractivity contribution is 7.22. The average molecular weight is 1190 g/mol.